The van der Waals surface area contributed by atoms with Crippen molar-refractivity contribution in [2.75, 3.05) is 7.11 Å². The van der Waals surface area contributed by atoms with E-state index >= 15 is 0 Å². The van der Waals surface area contributed by atoms with E-state index in [2.05, 4.69) is 0 Å². The predicted molar refractivity (Wildman–Crippen MR) is 91.8 cm³/mol. The number of ether oxygens (including phenoxy) is 1. The summed E-state index contributed by atoms with van der Waals surface area (Å²) < 4.78 is 5.18. The molecule has 0 spiro atoms. The first-order chi connectivity index (χ1) is 11.2. The summed E-state index contributed by atoms with van der Waals surface area (Å²) in [5, 5.41) is 0. The second kappa shape index (κ2) is 6.44. The van der Waals surface area contributed by atoms with E-state index in [1.54, 1.807) is 13.2 Å². The summed E-state index contributed by atoms with van der Waals surface area (Å²) in [5.74, 6) is 0.791. The molecule has 0 aliphatic carbocycles. The van der Waals surface area contributed by atoms with Gasteiger partial charge in [-0.25, -0.2) is 4.98 Å². The molecular formula is C20H17NO2. The van der Waals surface area contributed by atoms with E-state index in [0.29, 0.717) is 5.56 Å². The number of hydrogen-bond donors (Lipinski definition) is 0. The average Bonchev–Trinajstić information content (AvgIpc) is 2.62. The molecule has 1 heterocycles. The molecule has 1 aromatic heterocycles. The van der Waals surface area contributed by atoms with Crippen LogP contribution >= 0.6 is 0 Å². The van der Waals surface area contributed by atoms with Crippen molar-refractivity contribution in [3.63, 3.8) is 0 Å². The Balaban J connectivity index is 2.08. The van der Waals surface area contributed by atoms with Gasteiger partial charge in [-0.2, -0.15) is 0 Å². The number of carbonyl (C=O) groups is 1. The Bertz CT molecular complexity index is 821. The number of methoxy groups -OCH3 is 1. The summed E-state index contributed by atoms with van der Waals surface area (Å²) in [4.78, 5) is 16.0. The molecule has 0 saturated carbocycles. The Kier molecular flexibility index (Phi) is 4.20. The summed E-state index contributed by atoms with van der Waals surface area (Å²) in [6.07, 6.45) is 0.854. The molecule has 0 unspecified atom stereocenters. The first-order valence-electron chi connectivity index (χ1n) is 7.38. The smallest absolute Gasteiger partial charge is 0.150 e. The summed E-state index contributed by atoms with van der Waals surface area (Å²) >= 11 is 0. The van der Waals surface area contributed by atoms with Crippen LogP contribution in [0.2, 0.25) is 0 Å². The van der Waals surface area contributed by atoms with Crippen LogP contribution in [-0.2, 0) is 0 Å². The number of benzene rings is 2. The fourth-order valence-corrected chi connectivity index (χ4v) is 2.40. The molecule has 0 saturated heterocycles. The quantitative estimate of drug-likeness (QED) is 0.664. The number of aromatic nitrogens is 1. The fraction of sp³-hybridized carbons (Fsp3) is 0.100. The molecule has 0 amide bonds. The van der Waals surface area contributed by atoms with Gasteiger partial charge < -0.3 is 4.74 Å². The number of hydrogen-bond acceptors (Lipinski definition) is 3. The van der Waals surface area contributed by atoms with Crippen LogP contribution in [0.25, 0.3) is 22.5 Å². The second-order valence-corrected chi connectivity index (χ2v) is 5.38. The average molecular weight is 303 g/mol. The van der Waals surface area contributed by atoms with Gasteiger partial charge in [0.25, 0.3) is 0 Å². The van der Waals surface area contributed by atoms with Gasteiger partial charge >= 0.3 is 0 Å². The third kappa shape index (κ3) is 3.29. The van der Waals surface area contributed by atoms with E-state index in [1.165, 1.54) is 5.56 Å². The normalized spacial score (nSPS) is 10.3. The third-order valence-electron chi connectivity index (χ3n) is 3.72. The minimum Gasteiger partial charge on any atom is -0.497 e. The lowest BCUT2D eigenvalue weighted by Crippen LogP contribution is -1.93. The molecule has 114 valence electrons. The standard InChI is InChI=1S/C20H17NO2/c1-14-3-5-16(6-4-14)19-11-15(13-22)12-20(21-19)17-7-9-18(23-2)10-8-17/h3-13H,1-2H3. The first-order valence-corrected chi connectivity index (χ1v) is 7.38. The van der Waals surface area contributed by atoms with Gasteiger partial charge in [-0.1, -0.05) is 29.8 Å². The number of carbonyl (C=O) groups excluding carboxylic acids is 1. The number of aryl methyl sites for hydroxylation is 1. The van der Waals surface area contributed by atoms with Crippen molar-refractivity contribution < 1.29 is 9.53 Å². The molecule has 0 aliphatic heterocycles. The van der Waals surface area contributed by atoms with Crippen LogP contribution in [0.15, 0.2) is 60.7 Å². The molecule has 0 fully saturated rings. The zero-order valence-corrected chi connectivity index (χ0v) is 13.1. The van der Waals surface area contributed by atoms with Gasteiger partial charge in [0.1, 0.15) is 12.0 Å². The van der Waals surface area contributed by atoms with Crippen molar-refractivity contribution in [3.05, 3.63) is 71.8 Å². The maximum absolute atomic E-state index is 11.3. The van der Waals surface area contributed by atoms with Gasteiger partial charge in [-0.3, -0.25) is 4.79 Å². The topological polar surface area (TPSA) is 39.2 Å². The largest absolute Gasteiger partial charge is 0.497 e. The van der Waals surface area contributed by atoms with Gasteiger partial charge in [-0.15, -0.1) is 0 Å². The molecule has 3 nitrogen and oxygen atoms in total. The SMILES string of the molecule is COc1ccc(-c2cc(C=O)cc(-c3ccc(C)cc3)n2)cc1. The van der Waals surface area contributed by atoms with Crippen molar-refractivity contribution >= 4 is 6.29 Å². The number of nitrogens with zero attached hydrogens (tertiary/aromatic N) is 1. The van der Waals surface area contributed by atoms with Crippen LogP contribution in [0.1, 0.15) is 15.9 Å². The van der Waals surface area contributed by atoms with E-state index in [1.807, 2.05) is 61.5 Å². The van der Waals surface area contributed by atoms with E-state index < -0.39 is 0 Å². The van der Waals surface area contributed by atoms with E-state index in [9.17, 15) is 4.79 Å². The molecule has 0 radical (unpaired) electrons. The lowest BCUT2D eigenvalue weighted by atomic mass is 10.0. The van der Waals surface area contributed by atoms with Crippen LogP contribution in [0.4, 0.5) is 0 Å². The van der Waals surface area contributed by atoms with E-state index in [0.717, 1.165) is 34.6 Å². The molecule has 2 aromatic carbocycles. The van der Waals surface area contributed by atoms with Crippen molar-refractivity contribution in [2.24, 2.45) is 0 Å². The lowest BCUT2D eigenvalue weighted by Gasteiger charge is -2.08. The Hall–Kier alpha value is -2.94. The zero-order valence-electron chi connectivity index (χ0n) is 13.1. The molecular weight excluding hydrogens is 286 g/mol. The third-order valence-corrected chi connectivity index (χ3v) is 3.72. The molecule has 3 aromatic rings. The summed E-state index contributed by atoms with van der Waals surface area (Å²) in [6, 6.07) is 19.4. The van der Waals surface area contributed by atoms with Gasteiger partial charge in [0.05, 0.1) is 18.5 Å². The van der Waals surface area contributed by atoms with Crippen molar-refractivity contribution in [1.29, 1.82) is 0 Å². The Morgan fingerprint density at radius 2 is 1.39 bits per heavy atom. The van der Waals surface area contributed by atoms with Crippen LogP contribution in [0.5, 0.6) is 5.75 Å². The van der Waals surface area contributed by atoms with E-state index in [4.69, 9.17) is 9.72 Å². The highest BCUT2D eigenvalue weighted by Crippen LogP contribution is 2.26. The molecule has 3 rings (SSSR count). The highest BCUT2D eigenvalue weighted by molar-refractivity contribution is 5.81. The molecule has 0 N–H and O–H groups in total. The number of rotatable bonds is 4. The fourth-order valence-electron chi connectivity index (χ4n) is 2.40. The van der Waals surface area contributed by atoms with E-state index in [-0.39, 0.29) is 0 Å². The van der Waals surface area contributed by atoms with Gasteiger partial charge in [-0.05, 0) is 43.3 Å². The van der Waals surface area contributed by atoms with Gasteiger partial charge in [0, 0.05) is 16.7 Å². The maximum atomic E-state index is 11.3. The van der Waals surface area contributed by atoms with Crippen molar-refractivity contribution in [2.45, 2.75) is 6.92 Å². The maximum Gasteiger partial charge on any atom is 0.150 e. The van der Waals surface area contributed by atoms with Gasteiger partial charge in [0.2, 0.25) is 0 Å². The Morgan fingerprint density at radius 3 is 1.87 bits per heavy atom. The van der Waals surface area contributed by atoms with Gasteiger partial charge in [0.15, 0.2) is 0 Å². The molecule has 0 atom stereocenters. The monoisotopic (exact) mass is 303 g/mol. The second-order valence-electron chi connectivity index (χ2n) is 5.38. The zero-order chi connectivity index (χ0) is 16.2. The molecule has 23 heavy (non-hydrogen) atoms. The summed E-state index contributed by atoms with van der Waals surface area (Å²) in [7, 11) is 1.63. The number of pyridine rings is 1. The minimum atomic E-state index is 0.612. The van der Waals surface area contributed by atoms with Crippen LogP contribution in [-0.4, -0.2) is 18.4 Å². The molecule has 3 heteroatoms. The van der Waals surface area contributed by atoms with Crippen LogP contribution in [0.3, 0.4) is 0 Å². The highest BCUT2D eigenvalue weighted by atomic mass is 16.5. The van der Waals surface area contributed by atoms with Crippen LogP contribution in [0, 0.1) is 6.92 Å². The Labute approximate surface area is 135 Å². The van der Waals surface area contributed by atoms with Crippen molar-refractivity contribution in [3.8, 4) is 28.3 Å². The number of aldehydes is 1. The highest BCUT2D eigenvalue weighted by Gasteiger charge is 2.07. The predicted octanol–water partition coefficient (Wildman–Crippen LogP) is 4.55. The molecule has 0 aliphatic rings. The summed E-state index contributed by atoms with van der Waals surface area (Å²) in [6.45, 7) is 2.04. The van der Waals surface area contributed by atoms with Crippen molar-refractivity contribution in [1.82, 2.24) is 4.98 Å². The summed E-state index contributed by atoms with van der Waals surface area (Å²) in [5.41, 5.74) is 5.31. The minimum absolute atomic E-state index is 0.612. The lowest BCUT2D eigenvalue weighted by molar-refractivity contribution is 0.112. The first kappa shape index (κ1) is 15.0. The van der Waals surface area contributed by atoms with Crippen LogP contribution < -0.4 is 4.74 Å². The molecule has 0 bridgehead atoms. The Morgan fingerprint density at radius 1 is 0.870 bits per heavy atom.